The van der Waals surface area contributed by atoms with Gasteiger partial charge in [0.1, 0.15) is 23.9 Å². The van der Waals surface area contributed by atoms with E-state index in [4.69, 9.17) is 20.8 Å². The zero-order valence-electron chi connectivity index (χ0n) is 14.7. The zero-order chi connectivity index (χ0) is 19.2. The van der Waals surface area contributed by atoms with Gasteiger partial charge in [-0.2, -0.15) is 5.10 Å². The second kappa shape index (κ2) is 8.73. The molecule has 0 atom stereocenters. The van der Waals surface area contributed by atoms with E-state index in [0.29, 0.717) is 18.1 Å². The van der Waals surface area contributed by atoms with E-state index >= 15 is 0 Å². The van der Waals surface area contributed by atoms with E-state index in [9.17, 15) is 9.18 Å². The highest BCUT2D eigenvalue weighted by molar-refractivity contribution is 6.32. The number of hydrogen-bond donors (Lipinski definition) is 1. The molecule has 8 heteroatoms. The molecular formula is C19H19ClFN3O3. The van der Waals surface area contributed by atoms with Crippen molar-refractivity contribution in [2.24, 2.45) is 0 Å². The van der Waals surface area contributed by atoms with E-state index in [-0.39, 0.29) is 23.3 Å². The van der Waals surface area contributed by atoms with Gasteiger partial charge in [0.2, 0.25) is 0 Å². The Hall–Kier alpha value is -2.80. The molecule has 3 aromatic rings. The fourth-order valence-electron chi connectivity index (χ4n) is 2.44. The maximum absolute atomic E-state index is 13.0. The van der Waals surface area contributed by atoms with Gasteiger partial charge in [-0.25, -0.2) is 4.39 Å². The minimum atomic E-state index is -0.438. The smallest absolute Gasteiger partial charge is 0.286 e. The molecule has 0 saturated carbocycles. The molecule has 0 bridgehead atoms. The van der Waals surface area contributed by atoms with Crippen molar-refractivity contribution in [3.63, 3.8) is 0 Å². The molecule has 0 aliphatic carbocycles. The van der Waals surface area contributed by atoms with Crippen LogP contribution in [0, 0.1) is 12.7 Å². The summed E-state index contributed by atoms with van der Waals surface area (Å²) in [6, 6.07) is 7.10. The molecule has 3 rings (SSSR count). The van der Waals surface area contributed by atoms with Crippen molar-refractivity contribution in [3.8, 4) is 5.75 Å². The quantitative estimate of drug-likeness (QED) is 0.590. The fourth-order valence-corrected chi connectivity index (χ4v) is 2.66. The minimum absolute atomic E-state index is 0.0806. The number of aromatic nitrogens is 2. The summed E-state index contributed by atoms with van der Waals surface area (Å²) >= 11 is 5.90. The second-order valence-electron chi connectivity index (χ2n) is 6.02. The number of nitrogens with one attached hydrogen (secondary N) is 1. The molecule has 0 fully saturated rings. The van der Waals surface area contributed by atoms with E-state index in [2.05, 4.69) is 10.4 Å². The normalized spacial score (nSPS) is 10.8. The summed E-state index contributed by atoms with van der Waals surface area (Å²) in [4.78, 5) is 12.1. The van der Waals surface area contributed by atoms with Gasteiger partial charge in [-0.15, -0.1) is 0 Å². The third-order valence-corrected chi connectivity index (χ3v) is 4.06. The van der Waals surface area contributed by atoms with E-state index in [1.807, 2.05) is 17.8 Å². The standard InChI is InChI=1S/C19H19ClFN3O3/c1-13-10-23-24(11-13)8-2-7-22-19(25)18-6-4-15(27-18)12-26-17-5-3-14(21)9-16(17)20/h3-6,9-11H,2,7-8,12H2,1H3,(H,22,25). The molecule has 0 aliphatic rings. The Morgan fingerprint density at radius 1 is 1.37 bits per heavy atom. The van der Waals surface area contributed by atoms with Crippen LogP contribution in [0.15, 0.2) is 47.1 Å². The number of benzene rings is 1. The Morgan fingerprint density at radius 2 is 2.22 bits per heavy atom. The average Bonchev–Trinajstić information content (AvgIpc) is 3.27. The number of furan rings is 1. The minimum Gasteiger partial charge on any atom is -0.484 e. The number of carbonyl (C=O) groups excluding carboxylic acids is 1. The lowest BCUT2D eigenvalue weighted by atomic mass is 10.3. The topological polar surface area (TPSA) is 69.3 Å². The number of hydrogen-bond acceptors (Lipinski definition) is 4. The molecule has 6 nitrogen and oxygen atoms in total. The number of amides is 1. The highest BCUT2D eigenvalue weighted by Crippen LogP contribution is 2.25. The first-order valence-electron chi connectivity index (χ1n) is 8.45. The molecule has 1 N–H and O–H groups in total. The summed E-state index contributed by atoms with van der Waals surface area (Å²) in [6.07, 6.45) is 4.50. The van der Waals surface area contributed by atoms with Crippen molar-refractivity contribution in [1.82, 2.24) is 15.1 Å². The predicted molar refractivity (Wildman–Crippen MR) is 98.4 cm³/mol. The van der Waals surface area contributed by atoms with Crippen LogP contribution in [0.25, 0.3) is 0 Å². The van der Waals surface area contributed by atoms with Crippen LogP contribution in [0.5, 0.6) is 5.75 Å². The van der Waals surface area contributed by atoms with E-state index in [1.165, 1.54) is 18.2 Å². The number of rotatable bonds is 8. The predicted octanol–water partition coefficient (Wildman–Crippen LogP) is 3.98. The first-order valence-corrected chi connectivity index (χ1v) is 8.83. The molecule has 2 aromatic heterocycles. The van der Waals surface area contributed by atoms with Crippen LogP contribution in [0.4, 0.5) is 4.39 Å². The van der Waals surface area contributed by atoms with Crippen molar-refractivity contribution >= 4 is 17.5 Å². The number of halogens is 2. The summed E-state index contributed by atoms with van der Waals surface area (Å²) in [5.74, 6) is 0.278. The monoisotopic (exact) mass is 391 g/mol. The largest absolute Gasteiger partial charge is 0.484 e. The molecule has 2 heterocycles. The van der Waals surface area contributed by atoms with Gasteiger partial charge >= 0.3 is 0 Å². The highest BCUT2D eigenvalue weighted by Gasteiger charge is 2.12. The molecule has 0 aliphatic heterocycles. The van der Waals surface area contributed by atoms with E-state index in [0.717, 1.165) is 18.5 Å². The van der Waals surface area contributed by atoms with E-state index in [1.54, 1.807) is 18.3 Å². The maximum Gasteiger partial charge on any atom is 0.286 e. The molecule has 0 unspecified atom stereocenters. The van der Waals surface area contributed by atoms with Crippen LogP contribution in [0.3, 0.4) is 0 Å². The summed E-state index contributed by atoms with van der Waals surface area (Å²) in [7, 11) is 0. The molecule has 0 spiro atoms. The average molecular weight is 392 g/mol. The van der Waals surface area contributed by atoms with Gasteiger partial charge in [-0.1, -0.05) is 11.6 Å². The second-order valence-corrected chi connectivity index (χ2v) is 6.43. The molecule has 0 saturated heterocycles. The van der Waals surface area contributed by atoms with Gasteiger partial charge < -0.3 is 14.5 Å². The Balaban J connectivity index is 1.44. The molecule has 1 aromatic carbocycles. The van der Waals surface area contributed by atoms with Crippen molar-refractivity contribution in [1.29, 1.82) is 0 Å². The lowest BCUT2D eigenvalue weighted by Crippen LogP contribution is -2.24. The van der Waals surface area contributed by atoms with Crippen LogP contribution in [0.2, 0.25) is 5.02 Å². The van der Waals surface area contributed by atoms with Crippen molar-refractivity contribution in [2.45, 2.75) is 26.5 Å². The number of ether oxygens (including phenoxy) is 1. The maximum atomic E-state index is 13.0. The third kappa shape index (κ3) is 5.34. The SMILES string of the molecule is Cc1cnn(CCCNC(=O)c2ccc(COc3ccc(F)cc3Cl)o2)c1. The lowest BCUT2D eigenvalue weighted by molar-refractivity contribution is 0.0920. The van der Waals surface area contributed by atoms with Crippen molar-refractivity contribution in [3.05, 3.63) is 70.6 Å². The summed E-state index contributed by atoms with van der Waals surface area (Å²) in [6.45, 7) is 3.30. The first kappa shape index (κ1) is 19.0. The van der Waals surface area contributed by atoms with Gasteiger partial charge in [0.25, 0.3) is 5.91 Å². The van der Waals surface area contributed by atoms with Crippen molar-refractivity contribution < 1.29 is 18.3 Å². The number of aryl methyl sites for hydroxylation is 2. The van der Waals surface area contributed by atoms with Crippen LogP contribution in [0.1, 0.15) is 28.3 Å². The van der Waals surface area contributed by atoms with Crippen molar-refractivity contribution in [2.75, 3.05) is 6.54 Å². The van der Waals surface area contributed by atoms with Crippen LogP contribution < -0.4 is 10.1 Å². The molecule has 0 radical (unpaired) electrons. The Morgan fingerprint density at radius 3 is 2.96 bits per heavy atom. The zero-order valence-corrected chi connectivity index (χ0v) is 15.5. The Kier molecular flexibility index (Phi) is 6.13. The first-order chi connectivity index (χ1) is 13.0. The van der Waals surface area contributed by atoms with E-state index < -0.39 is 5.82 Å². The molecular weight excluding hydrogens is 373 g/mol. The summed E-state index contributed by atoms with van der Waals surface area (Å²) in [5, 5.41) is 7.17. The molecule has 27 heavy (non-hydrogen) atoms. The van der Waals surface area contributed by atoms with Gasteiger partial charge in [0, 0.05) is 19.3 Å². The summed E-state index contributed by atoms with van der Waals surface area (Å²) in [5.41, 5.74) is 1.10. The third-order valence-electron chi connectivity index (χ3n) is 3.76. The molecule has 1 amide bonds. The van der Waals surface area contributed by atoms with Crippen LogP contribution in [-0.2, 0) is 13.2 Å². The highest BCUT2D eigenvalue weighted by atomic mass is 35.5. The van der Waals surface area contributed by atoms with Gasteiger partial charge in [-0.05, 0) is 49.2 Å². The lowest BCUT2D eigenvalue weighted by Gasteiger charge is -2.06. The fraction of sp³-hybridized carbons (Fsp3) is 0.263. The van der Waals surface area contributed by atoms with Gasteiger partial charge in [0.15, 0.2) is 5.76 Å². The number of nitrogens with zero attached hydrogens (tertiary/aromatic N) is 2. The number of carbonyl (C=O) groups is 1. The Bertz CT molecular complexity index is 923. The van der Waals surface area contributed by atoms with Crippen LogP contribution in [-0.4, -0.2) is 22.2 Å². The summed E-state index contributed by atoms with van der Waals surface area (Å²) < 4.78 is 25.8. The van der Waals surface area contributed by atoms with Gasteiger partial charge in [-0.3, -0.25) is 9.48 Å². The Labute approximate surface area is 160 Å². The van der Waals surface area contributed by atoms with Crippen LogP contribution >= 0.6 is 11.6 Å². The molecule has 142 valence electrons. The van der Waals surface area contributed by atoms with Gasteiger partial charge in [0.05, 0.1) is 11.2 Å².